The first-order chi connectivity index (χ1) is 8.13. The summed E-state index contributed by atoms with van der Waals surface area (Å²) in [6.45, 7) is 2.23. The number of nitrogens with one attached hydrogen (secondary N) is 1. The van der Waals surface area contributed by atoms with E-state index in [2.05, 4.69) is 18.3 Å². The Morgan fingerprint density at radius 1 is 1.29 bits per heavy atom. The van der Waals surface area contributed by atoms with E-state index in [0.717, 1.165) is 18.5 Å². The molecule has 0 radical (unpaired) electrons. The third kappa shape index (κ3) is 2.92. The van der Waals surface area contributed by atoms with Crippen LogP contribution in [0.25, 0.3) is 0 Å². The lowest BCUT2D eigenvalue weighted by atomic mass is 9.83. The highest BCUT2D eigenvalue weighted by molar-refractivity contribution is 6.30. The fraction of sp³-hybridized carbons (Fsp3) is 0.500. The van der Waals surface area contributed by atoms with Gasteiger partial charge in [-0.1, -0.05) is 30.9 Å². The minimum Gasteiger partial charge on any atom is -0.379 e. The molecule has 2 nitrogen and oxygen atoms in total. The number of hydrogen-bond acceptors (Lipinski definition) is 2. The average molecular weight is 249 g/mol. The summed E-state index contributed by atoms with van der Waals surface area (Å²) in [5, 5.41) is 13.3. The molecule has 1 fully saturated rings. The van der Waals surface area contributed by atoms with Crippen molar-refractivity contribution in [2.45, 2.75) is 44.6 Å². The van der Waals surface area contributed by atoms with E-state index in [1.165, 1.54) is 19.3 Å². The second-order valence-electron chi connectivity index (χ2n) is 5.05. The van der Waals surface area contributed by atoms with Gasteiger partial charge in [0.25, 0.3) is 0 Å². The zero-order valence-corrected chi connectivity index (χ0v) is 10.8. The Morgan fingerprint density at radius 3 is 2.65 bits per heavy atom. The Balaban J connectivity index is 2.22. The first-order valence-corrected chi connectivity index (χ1v) is 6.49. The number of halogens is 1. The predicted octanol–water partition coefficient (Wildman–Crippen LogP) is 4.35. The van der Waals surface area contributed by atoms with E-state index >= 15 is 0 Å². The molecule has 1 aliphatic rings. The second kappa shape index (κ2) is 4.98. The van der Waals surface area contributed by atoms with Crippen molar-refractivity contribution in [3.63, 3.8) is 0 Å². The molecule has 90 valence electrons. The quantitative estimate of drug-likeness (QED) is 0.845. The molecule has 0 heterocycles. The van der Waals surface area contributed by atoms with Crippen molar-refractivity contribution < 1.29 is 0 Å². The third-order valence-electron chi connectivity index (χ3n) is 3.50. The fourth-order valence-electron chi connectivity index (χ4n) is 2.50. The Kier molecular flexibility index (Phi) is 3.59. The Bertz CT molecular complexity index is 442. The van der Waals surface area contributed by atoms with E-state index < -0.39 is 0 Å². The van der Waals surface area contributed by atoms with Crippen LogP contribution in [0.1, 0.15) is 44.6 Å². The van der Waals surface area contributed by atoms with Crippen molar-refractivity contribution >= 4 is 17.3 Å². The minimum atomic E-state index is 0.106. The number of nitriles is 1. The van der Waals surface area contributed by atoms with Gasteiger partial charge in [-0.25, -0.2) is 0 Å². The van der Waals surface area contributed by atoms with Crippen LogP contribution in [0.3, 0.4) is 0 Å². The highest BCUT2D eigenvalue weighted by Crippen LogP contribution is 2.33. The van der Waals surface area contributed by atoms with Crippen LogP contribution in [0.2, 0.25) is 5.02 Å². The van der Waals surface area contributed by atoms with Crippen LogP contribution in [0.4, 0.5) is 5.69 Å². The van der Waals surface area contributed by atoms with Crippen LogP contribution in [0.5, 0.6) is 0 Å². The molecule has 0 amide bonds. The smallest absolute Gasteiger partial charge is 0.101 e. The van der Waals surface area contributed by atoms with Gasteiger partial charge < -0.3 is 5.32 Å². The number of nitrogens with zero attached hydrogens (tertiary/aromatic N) is 1. The van der Waals surface area contributed by atoms with E-state index in [1.54, 1.807) is 12.1 Å². The highest BCUT2D eigenvalue weighted by Gasteiger charge is 2.27. The lowest BCUT2D eigenvalue weighted by Crippen LogP contribution is -2.37. The summed E-state index contributed by atoms with van der Waals surface area (Å²) in [6.07, 6.45) is 6.14. The first kappa shape index (κ1) is 12.3. The second-order valence-corrected chi connectivity index (χ2v) is 5.48. The number of benzene rings is 1. The monoisotopic (exact) mass is 248 g/mol. The van der Waals surface area contributed by atoms with E-state index in [4.69, 9.17) is 16.9 Å². The Labute approximate surface area is 108 Å². The predicted molar refractivity (Wildman–Crippen MR) is 71.3 cm³/mol. The van der Waals surface area contributed by atoms with Gasteiger partial charge in [-0.05, 0) is 38.0 Å². The molecule has 1 saturated carbocycles. The van der Waals surface area contributed by atoms with Gasteiger partial charge in [0.15, 0.2) is 0 Å². The number of anilines is 1. The molecule has 2 rings (SSSR count). The maximum atomic E-state index is 9.09. The molecule has 1 aromatic carbocycles. The highest BCUT2D eigenvalue weighted by atomic mass is 35.5. The average Bonchev–Trinajstić information content (AvgIpc) is 2.29. The van der Waals surface area contributed by atoms with Gasteiger partial charge in [-0.2, -0.15) is 5.26 Å². The SMILES string of the molecule is CC1(Nc2cc(Cl)ccc2C#N)CCCCC1. The fourth-order valence-corrected chi connectivity index (χ4v) is 2.67. The standard InChI is InChI=1S/C14H17ClN2/c1-14(7-3-2-4-8-14)17-13-9-12(15)6-5-11(13)10-16/h5-6,9,17H,2-4,7-8H2,1H3. The summed E-state index contributed by atoms with van der Waals surface area (Å²) in [5.74, 6) is 0. The van der Waals surface area contributed by atoms with Crippen molar-refractivity contribution in [1.29, 1.82) is 5.26 Å². The van der Waals surface area contributed by atoms with E-state index in [9.17, 15) is 0 Å². The number of rotatable bonds is 2. The molecule has 0 bridgehead atoms. The zero-order valence-electron chi connectivity index (χ0n) is 10.1. The molecule has 0 aliphatic heterocycles. The third-order valence-corrected chi connectivity index (χ3v) is 3.73. The molecule has 0 atom stereocenters. The van der Waals surface area contributed by atoms with Gasteiger partial charge in [0.05, 0.1) is 11.3 Å². The molecular weight excluding hydrogens is 232 g/mol. The van der Waals surface area contributed by atoms with Gasteiger partial charge in [0, 0.05) is 10.6 Å². The van der Waals surface area contributed by atoms with E-state index in [0.29, 0.717) is 10.6 Å². The molecule has 0 unspecified atom stereocenters. The van der Waals surface area contributed by atoms with Crippen LogP contribution in [0, 0.1) is 11.3 Å². The molecular formula is C14H17ClN2. The maximum absolute atomic E-state index is 9.09. The summed E-state index contributed by atoms with van der Waals surface area (Å²) in [5.41, 5.74) is 1.64. The van der Waals surface area contributed by atoms with Crippen LogP contribution in [0.15, 0.2) is 18.2 Å². The van der Waals surface area contributed by atoms with Gasteiger partial charge >= 0.3 is 0 Å². The normalized spacial score (nSPS) is 18.4. The minimum absolute atomic E-state index is 0.106. The molecule has 1 aromatic rings. The van der Waals surface area contributed by atoms with E-state index in [-0.39, 0.29) is 5.54 Å². The summed E-state index contributed by atoms with van der Waals surface area (Å²) in [6, 6.07) is 7.59. The summed E-state index contributed by atoms with van der Waals surface area (Å²) in [4.78, 5) is 0. The van der Waals surface area contributed by atoms with Gasteiger partial charge in [0.1, 0.15) is 6.07 Å². The van der Waals surface area contributed by atoms with Crippen LogP contribution < -0.4 is 5.32 Å². The van der Waals surface area contributed by atoms with E-state index in [1.807, 2.05) is 6.07 Å². The topological polar surface area (TPSA) is 35.8 Å². The molecule has 0 aromatic heterocycles. The van der Waals surface area contributed by atoms with Gasteiger partial charge in [-0.15, -0.1) is 0 Å². The van der Waals surface area contributed by atoms with Crippen LogP contribution in [-0.4, -0.2) is 5.54 Å². The molecule has 0 saturated heterocycles. The molecule has 3 heteroatoms. The first-order valence-electron chi connectivity index (χ1n) is 6.11. The van der Waals surface area contributed by atoms with Crippen LogP contribution >= 0.6 is 11.6 Å². The lowest BCUT2D eigenvalue weighted by molar-refractivity contribution is 0.349. The molecule has 1 N–H and O–H groups in total. The zero-order chi connectivity index (χ0) is 12.3. The molecule has 17 heavy (non-hydrogen) atoms. The van der Waals surface area contributed by atoms with Crippen molar-refractivity contribution in [2.75, 3.05) is 5.32 Å². The lowest BCUT2D eigenvalue weighted by Gasteiger charge is -2.35. The summed E-state index contributed by atoms with van der Waals surface area (Å²) in [7, 11) is 0. The van der Waals surface area contributed by atoms with Gasteiger partial charge in [-0.3, -0.25) is 0 Å². The maximum Gasteiger partial charge on any atom is 0.101 e. The Morgan fingerprint density at radius 2 is 2.00 bits per heavy atom. The number of hydrogen-bond donors (Lipinski definition) is 1. The van der Waals surface area contributed by atoms with Crippen LogP contribution in [-0.2, 0) is 0 Å². The van der Waals surface area contributed by atoms with Crippen molar-refractivity contribution in [2.24, 2.45) is 0 Å². The summed E-state index contributed by atoms with van der Waals surface area (Å²) < 4.78 is 0. The molecule has 0 spiro atoms. The van der Waals surface area contributed by atoms with Gasteiger partial charge in [0.2, 0.25) is 0 Å². The van der Waals surface area contributed by atoms with Crippen molar-refractivity contribution in [1.82, 2.24) is 0 Å². The van der Waals surface area contributed by atoms with Crippen molar-refractivity contribution in [3.8, 4) is 6.07 Å². The summed E-state index contributed by atoms with van der Waals surface area (Å²) >= 11 is 5.99. The van der Waals surface area contributed by atoms with Crippen molar-refractivity contribution in [3.05, 3.63) is 28.8 Å². The largest absolute Gasteiger partial charge is 0.379 e. The molecule has 1 aliphatic carbocycles. The Hall–Kier alpha value is -1.20.